The van der Waals surface area contributed by atoms with Crippen LogP contribution in [0.5, 0.6) is 0 Å². The van der Waals surface area contributed by atoms with E-state index in [2.05, 4.69) is 24.6 Å². The molecule has 4 rings (SSSR count). The first-order valence-electron chi connectivity index (χ1n) is 10.5. The van der Waals surface area contributed by atoms with Gasteiger partial charge in [-0.15, -0.1) is 0 Å². The second-order valence-corrected chi connectivity index (χ2v) is 9.44. The summed E-state index contributed by atoms with van der Waals surface area (Å²) in [7, 11) is -2.47. The average Bonchev–Trinajstić information content (AvgIpc) is 3.32. The van der Waals surface area contributed by atoms with E-state index in [1.54, 1.807) is 49.4 Å². The van der Waals surface area contributed by atoms with E-state index in [0.29, 0.717) is 17.0 Å². The molecule has 1 aliphatic rings. The fourth-order valence-corrected chi connectivity index (χ4v) is 4.63. The van der Waals surface area contributed by atoms with Gasteiger partial charge < -0.3 is 19.3 Å². The first-order chi connectivity index (χ1) is 16.8. The number of methoxy groups -OCH3 is 1. The Labute approximate surface area is 201 Å². The summed E-state index contributed by atoms with van der Waals surface area (Å²) < 4.78 is 37.7. The van der Waals surface area contributed by atoms with Gasteiger partial charge in [0.2, 0.25) is 21.7 Å². The molecule has 1 aliphatic heterocycles. The lowest BCUT2D eigenvalue weighted by Gasteiger charge is -2.33. The molecule has 1 atom stereocenters. The Morgan fingerprint density at radius 2 is 1.97 bits per heavy atom. The SMILES string of the molecule is COC(=O)c1ccc(-c2noc(CN3C(C)=CC=C(NS(=O)(=O)Cc4ccccc4)C3O)n2)nc1. The van der Waals surface area contributed by atoms with Crippen molar-refractivity contribution in [1.29, 1.82) is 0 Å². The third kappa shape index (κ3) is 5.73. The van der Waals surface area contributed by atoms with Crippen molar-refractivity contribution in [3.8, 4) is 11.5 Å². The lowest BCUT2D eigenvalue weighted by molar-refractivity contribution is 0.0411. The molecule has 0 aliphatic carbocycles. The number of rotatable bonds is 8. The summed E-state index contributed by atoms with van der Waals surface area (Å²) >= 11 is 0. The summed E-state index contributed by atoms with van der Waals surface area (Å²) in [4.78, 5) is 21.5. The van der Waals surface area contributed by atoms with E-state index >= 15 is 0 Å². The number of hydrogen-bond donors (Lipinski definition) is 2. The van der Waals surface area contributed by atoms with E-state index in [-0.39, 0.29) is 35.3 Å². The lowest BCUT2D eigenvalue weighted by Crippen LogP contribution is -2.42. The molecule has 12 heteroatoms. The van der Waals surface area contributed by atoms with Crippen molar-refractivity contribution in [2.24, 2.45) is 0 Å². The van der Waals surface area contributed by atoms with Crippen molar-refractivity contribution in [2.75, 3.05) is 7.11 Å². The average molecular weight is 498 g/mol. The smallest absolute Gasteiger partial charge is 0.339 e. The summed E-state index contributed by atoms with van der Waals surface area (Å²) in [5.41, 5.74) is 2.07. The fourth-order valence-electron chi connectivity index (χ4n) is 3.39. The summed E-state index contributed by atoms with van der Waals surface area (Å²) in [5.74, 6) is -0.361. The zero-order valence-electron chi connectivity index (χ0n) is 19.0. The molecule has 0 fully saturated rings. The van der Waals surface area contributed by atoms with Gasteiger partial charge in [0.05, 0.1) is 30.7 Å². The number of pyridine rings is 1. The first-order valence-corrected chi connectivity index (χ1v) is 12.2. The molecular weight excluding hydrogens is 474 g/mol. The molecule has 0 spiro atoms. The van der Waals surface area contributed by atoms with Crippen LogP contribution in [-0.2, 0) is 27.1 Å². The number of nitrogens with zero attached hydrogens (tertiary/aromatic N) is 4. The molecule has 0 saturated heterocycles. The number of carbonyl (C=O) groups is 1. The highest BCUT2D eigenvalue weighted by atomic mass is 32.2. The lowest BCUT2D eigenvalue weighted by atomic mass is 10.2. The predicted molar refractivity (Wildman–Crippen MR) is 124 cm³/mol. The molecule has 1 aromatic carbocycles. The van der Waals surface area contributed by atoms with E-state index in [1.165, 1.54) is 30.3 Å². The molecular formula is C23H23N5O6S. The van der Waals surface area contributed by atoms with Gasteiger partial charge in [-0.2, -0.15) is 4.98 Å². The van der Waals surface area contributed by atoms with Crippen molar-refractivity contribution in [1.82, 2.24) is 24.7 Å². The maximum atomic E-state index is 12.6. The summed E-state index contributed by atoms with van der Waals surface area (Å²) in [6, 6.07) is 11.8. The summed E-state index contributed by atoms with van der Waals surface area (Å²) in [6.07, 6.45) is 3.26. The molecule has 3 heterocycles. The van der Waals surface area contributed by atoms with E-state index in [1.807, 2.05) is 0 Å². The first kappa shape index (κ1) is 24.1. The van der Waals surface area contributed by atoms with Gasteiger partial charge >= 0.3 is 5.97 Å². The monoisotopic (exact) mass is 497 g/mol. The second-order valence-electron chi connectivity index (χ2n) is 7.71. The van der Waals surface area contributed by atoms with Crippen LogP contribution in [0.4, 0.5) is 0 Å². The summed E-state index contributed by atoms with van der Waals surface area (Å²) in [5, 5.41) is 14.8. The molecule has 11 nitrogen and oxygen atoms in total. The third-order valence-electron chi connectivity index (χ3n) is 5.19. The molecule has 35 heavy (non-hydrogen) atoms. The number of carbonyl (C=O) groups excluding carboxylic acids is 1. The normalized spacial score (nSPS) is 15.9. The minimum absolute atomic E-state index is 0.0223. The number of allylic oxidation sites excluding steroid dienone is 3. The quantitative estimate of drug-likeness (QED) is 0.443. The Morgan fingerprint density at radius 1 is 1.20 bits per heavy atom. The molecule has 2 aromatic heterocycles. The van der Waals surface area contributed by atoms with Crippen molar-refractivity contribution >= 4 is 16.0 Å². The second kappa shape index (κ2) is 10.1. The molecule has 0 amide bonds. The van der Waals surface area contributed by atoms with Crippen molar-refractivity contribution in [3.05, 3.63) is 89.2 Å². The van der Waals surface area contributed by atoms with Crippen LogP contribution in [0.3, 0.4) is 0 Å². The highest BCUT2D eigenvalue weighted by Crippen LogP contribution is 2.23. The molecule has 1 unspecified atom stereocenters. The zero-order chi connectivity index (χ0) is 25.0. The standard InChI is InChI=1S/C23H23N5O6S/c1-15-8-10-19(27-35(31,32)14-16-6-4-3-5-7-16)22(29)28(15)13-20-25-21(26-34-20)18-11-9-17(12-24-18)23(30)33-2/h3-12,22,27,29H,13-14H2,1-2H3. The maximum absolute atomic E-state index is 12.6. The van der Waals surface area contributed by atoms with Crippen LogP contribution in [0.1, 0.15) is 28.7 Å². The fraction of sp³-hybridized carbons (Fsp3) is 0.217. The number of sulfonamides is 1. The van der Waals surface area contributed by atoms with Crippen LogP contribution in [0.2, 0.25) is 0 Å². The minimum Gasteiger partial charge on any atom is -0.465 e. The van der Waals surface area contributed by atoms with E-state index < -0.39 is 22.2 Å². The third-order valence-corrected chi connectivity index (χ3v) is 6.45. The van der Waals surface area contributed by atoms with E-state index in [4.69, 9.17) is 4.52 Å². The number of hydrogen-bond acceptors (Lipinski definition) is 10. The van der Waals surface area contributed by atoms with Crippen LogP contribution in [0.15, 0.2) is 76.7 Å². The van der Waals surface area contributed by atoms with Crippen LogP contribution in [0, 0.1) is 0 Å². The Hall–Kier alpha value is -4.03. The number of aliphatic hydroxyl groups is 1. The van der Waals surface area contributed by atoms with Gasteiger partial charge in [0, 0.05) is 11.9 Å². The van der Waals surface area contributed by atoms with Gasteiger partial charge in [-0.1, -0.05) is 35.5 Å². The topological polar surface area (TPSA) is 148 Å². The van der Waals surface area contributed by atoms with Gasteiger partial charge in [-0.3, -0.25) is 9.71 Å². The Bertz CT molecular complexity index is 1370. The molecule has 3 aromatic rings. The van der Waals surface area contributed by atoms with Crippen LogP contribution in [0.25, 0.3) is 11.5 Å². The Kier molecular flexibility index (Phi) is 6.94. The molecule has 0 bridgehead atoms. The molecule has 0 saturated carbocycles. The predicted octanol–water partition coefficient (Wildman–Crippen LogP) is 1.96. The number of esters is 1. The van der Waals surface area contributed by atoms with Crippen LogP contribution >= 0.6 is 0 Å². The Morgan fingerprint density at radius 3 is 2.66 bits per heavy atom. The van der Waals surface area contributed by atoms with Gasteiger partial charge in [0.1, 0.15) is 5.69 Å². The van der Waals surface area contributed by atoms with Crippen molar-refractivity contribution < 1.29 is 27.6 Å². The van der Waals surface area contributed by atoms with Gasteiger partial charge in [0.15, 0.2) is 6.23 Å². The van der Waals surface area contributed by atoms with Gasteiger partial charge in [0.25, 0.3) is 0 Å². The number of aliphatic hydroxyl groups excluding tert-OH is 1. The highest BCUT2D eigenvalue weighted by molar-refractivity contribution is 7.88. The van der Waals surface area contributed by atoms with Gasteiger partial charge in [-0.05, 0) is 36.8 Å². The van der Waals surface area contributed by atoms with Crippen LogP contribution < -0.4 is 4.72 Å². The maximum Gasteiger partial charge on any atom is 0.339 e. The Balaban J connectivity index is 1.45. The number of aromatic nitrogens is 3. The molecule has 2 N–H and O–H groups in total. The van der Waals surface area contributed by atoms with Crippen molar-refractivity contribution in [3.63, 3.8) is 0 Å². The number of benzene rings is 1. The minimum atomic E-state index is -3.75. The van der Waals surface area contributed by atoms with E-state index in [9.17, 15) is 18.3 Å². The zero-order valence-corrected chi connectivity index (χ0v) is 19.8. The van der Waals surface area contributed by atoms with Gasteiger partial charge in [-0.25, -0.2) is 13.2 Å². The number of ether oxygens (including phenoxy) is 1. The molecule has 182 valence electrons. The van der Waals surface area contributed by atoms with Crippen LogP contribution in [-0.4, -0.2) is 52.9 Å². The van der Waals surface area contributed by atoms with Crippen molar-refractivity contribution in [2.45, 2.75) is 25.4 Å². The number of nitrogens with one attached hydrogen (secondary N) is 1. The van der Waals surface area contributed by atoms with E-state index in [0.717, 1.165) is 0 Å². The molecule has 0 radical (unpaired) electrons. The highest BCUT2D eigenvalue weighted by Gasteiger charge is 2.28. The summed E-state index contributed by atoms with van der Waals surface area (Å²) in [6.45, 7) is 1.79. The largest absolute Gasteiger partial charge is 0.465 e.